The van der Waals surface area contributed by atoms with E-state index in [1.807, 2.05) is 65.3 Å². The molecule has 146 valence electrons. The third kappa shape index (κ3) is 3.79. The molecule has 0 N–H and O–H groups in total. The van der Waals surface area contributed by atoms with Crippen molar-refractivity contribution in [1.82, 2.24) is 9.80 Å². The highest BCUT2D eigenvalue weighted by Crippen LogP contribution is 2.50. The molecule has 1 aliphatic carbocycles. The molecule has 4 rings (SSSR count). The molecule has 0 radical (unpaired) electrons. The maximum atomic E-state index is 13.2. The van der Waals surface area contributed by atoms with Crippen molar-refractivity contribution in [3.8, 4) is 0 Å². The molecule has 1 saturated heterocycles. The molecule has 2 aliphatic rings. The van der Waals surface area contributed by atoms with Crippen molar-refractivity contribution in [1.29, 1.82) is 0 Å². The van der Waals surface area contributed by atoms with Crippen molar-refractivity contribution in [2.45, 2.75) is 31.6 Å². The Labute approximate surface area is 171 Å². The third-order valence-corrected chi connectivity index (χ3v) is 6.17. The van der Waals surface area contributed by atoms with Gasteiger partial charge in [0, 0.05) is 31.2 Å². The summed E-state index contributed by atoms with van der Waals surface area (Å²) < 4.78 is 0. The van der Waals surface area contributed by atoms with Crippen molar-refractivity contribution in [2.75, 3.05) is 26.2 Å². The van der Waals surface area contributed by atoms with E-state index in [9.17, 15) is 9.59 Å². The highest BCUT2D eigenvalue weighted by Gasteiger charge is 2.53. The molecule has 2 fully saturated rings. The van der Waals surface area contributed by atoms with Crippen molar-refractivity contribution in [3.63, 3.8) is 0 Å². The number of amides is 2. The number of rotatable bonds is 4. The van der Waals surface area contributed by atoms with E-state index in [0.29, 0.717) is 37.6 Å². The van der Waals surface area contributed by atoms with Crippen LogP contribution < -0.4 is 0 Å². The minimum Gasteiger partial charge on any atom is -0.339 e. The molecular weight excluding hydrogens is 372 g/mol. The minimum absolute atomic E-state index is 0.131. The first-order valence-electron chi connectivity index (χ1n) is 9.87. The van der Waals surface area contributed by atoms with E-state index in [-0.39, 0.29) is 11.8 Å². The van der Waals surface area contributed by atoms with Gasteiger partial charge in [0.2, 0.25) is 11.8 Å². The van der Waals surface area contributed by atoms with E-state index in [2.05, 4.69) is 0 Å². The fraction of sp³-hybridized carbons (Fsp3) is 0.391. The van der Waals surface area contributed by atoms with Crippen molar-refractivity contribution in [3.05, 3.63) is 70.2 Å². The Kier molecular flexibility index (Phi) is 5.15. The number of aryl methyl sites for hydroxylation is 1. The second kappa shape index (κ2) is 7.59. The number of carbonyl (C=O) groups is 2. The van der Waals surface area contributed by atoms with Crippen molar-refractivity contribution >= 4 is 23.4 Å². The van der Waals surface area contributed by atoms with Gasteiger partial charge < -0.3 is 9.80 Å². The van der Waals surface area contributed by atoms with Crippen molar-refractivity contribution < 1.29 is 9.59 Å². The quantitative estimate of drug-likeness (QED) is 0.792. The van der Waals surface area contributed by atoms with Gasteiger partial charge in [0.15, 0.2) is 0 Å². The van der Waals surface area contributed by atoms with Gasteiger partial charge in [0.1, 0.15) is 0 Å². The average Bonchev–Trinajstić information content (AvgIpc) is 3.51. The predicted octanol–water partition coefficient (Wildman–Crippen LogP) is 3.59. The van der Waals surface area contributed by atoms with E-state index < -0.39 is 5.41 Å². The molecule has 1 aliphatic heterocycles. The summed E-state index contributed by atoms with van der Waals surface area (Å²) in [6.07, 6.45) is 2.16. The number of benzene rings is 2. The lowest BCUT2D eigenvalue weighted by molar-refractivity contribution is -0.140. The predicted molar refractivity (Wildman–Crippen MR) is 110 cm³/mol. The molecule has 0 unspecified atom stereocenters. The number of halogens is 1. The lowest BCUT2D eigenvalue weighted by Crippen LogP contribution is -2.53. The molecule has 0 atom stereocenters. The summed E-state index contributed by atoms with van der Waals surface area (Å²) in [6, 6.07) is 15.7. The van der Waals surface area contributed by atoms with Gasteiger partial charge in [-0.25, -0.2) is 0 Å². The molecule has 2 aromatic carbocycles. The van der Waals surface area contributed by atoms with Crippen LogP contribution >= 0.6 is 11.6 Å². The number of carbonyl (C=O) groups excluding carboxylic acids is 2. The smallest absolute Gasteiger partial charge is 0.233 e. The van der Waals surface area contributed by atoms with Gasteiger partial charge in [-0.05, 0) is 43.0 Å². The highest BCUT2D eigenvalue weighted by atomic mass is 35.5. The molecule has 0 bridgehead atoms. The Balaban J connectivity index is 1.35. The van der Waals surface area contributed by atoms with Gasteiger partial charge in [0.05, 0.1) is 11.8 Å². The minimum atomic E-state index is -0.404. The molecule has 5 heteroatoms. The standard InChI is InChI=1S/C23H25ClN2O2/c1-17-5-7-18(8-6-17)15-21(27)25-11-13-26(14-12-25)22(28)23(9-10-23)19-3-2-4-20(24)16-19/h2-8,16H,9-15H2,1H3. The molecule has 1 heterocycles. The van der Waals surface area contributed by atoms with Gasteiger partial charge >= 0.3 is 0 Å². The first-order chi connectivity index (χ1) is 13.5. The van der Waals surface area contributed by atoms with Crippen LogP contribution in [0.4, 0.5) is 0 Å². The number of piperazine rings is 1. The van der Waals surface area contributed by atoms with Crippen LogP contribution in [0.5, 0.6) is 0 Å². The summed E-state index contributed by atoms with van der Waals surface area (Å²) in [5, 5.41) is 0.670. The Morgan fingerprint density at radius 3 is 2.21 bits per heavy atom. The number of nitrogens with zero attached hydrogens (tertiary/aromatic N) is 2. The summed E-state index contributed by atoms with van der Waals surface area (Å²) in [4.78, 5) is 29.6. The van der Waals surface area contributed by atoms with Gasteiger partial charge in [-0.1, -0.05) is 53.6 Å². The van der Waals surface area contributed by atoms with E-state index in [1.54, 1.807) is 0 Å². The lowest BCUT2D eigenvalue weighted by Gasteiger charge is -2.37. The number of hydrogen-bond acceptors (Lipinski definition) is 2. The zero-order valence-electron chi connectivity index (χ0n) is 16.2. The molecule has 1 saturated carbocycles. The SMILES string of the molecule is Cc1ccc(CC(=O)N2CCN(C(=O)C3(c4cccc(Cl)c4)CC3)CC2)cc1. The van der Waals surface area contributed by atoms with Crippen LogP contribution in [0.15, 0.2) is 48.5 Å². The van der Waals surface area contributed by atoms with E-state index in [0.717, 1.165) is 24.0 Å². The highest BCUT2D eigenvalue weighted by molar-refractivity contribution is 6.30. The van der Waals surface area contributed by atoms with Crippen LogP contribution in [0.25, 0.3) is 0 Å². The summed E-state index contributed by atoms with van der Waals surface area (Å²) in [7, 11) is 0. The van der Waals surface area contributed by atoms with Crippen LogP contribution in [0.1, 0.15) is 29.5 Å². The Hall–Kier alpha value is -2.33. The first kappa shape index (κ1) is 19.0. The molecule has 0 aromatic heterocycles. The van der Waals surface area contributed by atoms with Crippen LogP contribution in [0, 0.1) is 6.92 Å². The third-order valence-electron chi connectivity index (χ3n) is 5.93. The van der Waals surface area contributed by atoms with E-state index in [1.165, 1.54) is 5.56 Å². The van der Waals surface area contributed by atoms with Gasteiger partial charge in [-0.15, -0.1) is 0 Å². The summed E-state index contributed by atoms with van der Waals surface area (Å²) in [6.45, 7) is 4.43. The first-order valence-corrected chi connectivity index (χ1v) is 10.2. The van der Waals surface area contributed by atoms with Gasteiger partial charge in [0.25, 0.3) is 0 Å². The summed E-state index contributed by atoms with van der Waals surface area (Å²) in [5.41, 5.74) is 2.84. The fourth-order valence-electron chi connectivity index (χ4n) is 3.99. The molecule has 28 heavy (non-hydrogen) atoms. The van der Waals surface area contributed by atoms with Gasteiger partial charge in [-0.2, -0.15) is 0 Å². The van der Waals surface area contributed by atoms with Gasteiger partial charge in [-0.3, -0.25) is 9.59 Å². The molecule has 4 nitrogen and oxygen atoms in total. The van der Waals surface area contributed by atoms with Crippen LogP contribution in [0.3, 0.4) is 0 Å². The average molecular weight is 397 g/mol. The molecule has 2 amide bonds. The summed E-state index contributed by atoms with van der Waals surface area (Å²) >= 11 is 6.13. The second-order valence-electron chi connectivity index (χ2n) is 7.93. The van der Waals surface area contributed by atoms with Crippen LogP contribution in [-0.2, 0) is 21.4 Å². The topological polar surface area (TPSA) is 40.6 Å². The van der Waals surface area contributed by atoms with E-state index in [4.69, 9.17) is 11.6 Å². The van der Waals surface area contributed by atoms with Crippen LogP contribution in [-0.4, -0.2) is 47.8 Å². The Morgan fingerprint density at radius 2 is 1.61 bits per heavy atom. The Morgan fingerprint density at radius 1 is 0.964 bits per heavy atom. The second-order valence-corrected chi connectivity index (χ2v) is 8.36. The summed E-state index contributed by atoms with van der Waals surface area (Å²) in [5.74, 6) is 0.312. The normalized spacial score (nSPS) is 18.1. The van der Waals surface area contributed by atoms with Crippen LogP contribution in [0.2, 0.25) is 5.02 Å². The largest absolute Gasteiger partial charge is 0.339 e. The number of hydrogen-bond donors (Lipinski definition) is 0. The maximum Gasteiger partial charge on any atom is 0.233 e. The molecular formula is C23H25ClN2O2. The fourth-order valence-corrected chi connectivity index (χ4v) is 4.18. The zero-order chi connectivity index (χ0) is 19.7. The zero-order valence-corrected chi connectivity index (χ0v) is 16.9. The maximum absolute atomic E-state index is 13.2. The van der Waals surface area contributed by atoms with Crippen molar-refractivity contribution in [2.24, 2.45) is 0 Å². The lowest BCUT2D eigenvalue weighted by atomic mass is 9.94. The Bertz CT molecular complexity index is 882. The van der Waals surface area contributed by atoms with E-state index >= 15 is 0 Å². The molecule has 0 spiro atoms. The monoisotopic (exact) mass is 396 g/mol. The molecule has 2 aromatic rings.